The molecule has 0 amide bonds. The lowest BCUT2D eigenvalue weighted by molar-refractivity contribution is 0.0163. The van der Waals surface area contributed by atoms with Gasteiger partial charge < -0.3 is 14.8 Å². The number of ether oxygens (including phenoxy) is 2. The molecule has 0 aromatic rings. The maximum atomic E-state index is 5.61. The summed E-state index contributed by atoms with van der Waals surface area (Å²) in [6.07, 6.45) is 6.60. The minimum Gasteiger partial charge on any atom is -0.379 e. The zero-order chi connectivity index (χ0) is 11.2. The van der Waals surface area contributed by atoms with Crippen molar-refractivity contribution in [2.24, 2.45) is 5.92 Å². The van der Waals surface area contributed by atoms with Gasteiger partial charge in [0.25, 0.3) is 0 Å². The van der Waals surface area contributed by atoms with Crippen LogP contribution in [0.25, 0.3) is 0 Å². The SMILES string of the molecule is CC1CC(NCCCOCC2CCCO2)C1. The highest BCUT2D eigenvalue weighted by molar-refractivity contribution is 4.81. The quantitative estimate of drug-likeness (QED) is 0.674. The highest BCUT2D eigenvalue weighted by Crippen LogP contribution is 2.25. The Labute approximate surface area is 98.9 Å². The van der Waals surface area contributed by atoms with Crippen LogP contribution >= 0.6 is 0 Å². The molecule has 0 bridgehead atoms. The molecule has 0 aromatic carbocycles. The first kappa shape index (κ1) is 12.3. The molecule has 94 valence electrons. The molecule has 2 aliphatic rings. The van der Waals surface area contributed by atoms with Crippen LogP contribution in [0.2, 0.25) is 0 Å². The molecule has 2 fully saturated rings. The minimum absolute atomic E-state index is 0.375. The average Bonchev–Trinajstić information content (AvgIpc) is 2.73. The Morgan fingerprint density at radius 2 is 2.25 bits per heavy atom. The summed E-state index contributed by atoms with van der Waals surface area (Å²) in [6, 6.07) is 0.785. The van der Waals surface area contributed by atoms with Crippen LogP contribution in [0.1, 0.15) is 39.0 Å². The van der Waals surface area contributed by atoms with E-state index >= 15 is 0 Å². The Hall–Kier alpha value is -0.120. The summed E-state index contributed by atoms with van der Waals surface area (Å²) in [5.74, 6) is 0.938. The third kappa shape index (κ3) is 4.04. The Kier molecular flexibility index (Phi) is 5.07. The van der Waals surface area contributed by atoms with Gasteiger partial charge in [-0.3, -0.25) is 0 Å². The van der Waals surface area contributed by atoms with Crippen LogP contribution in [0.15, 0.2) is 0 Å². The lowest BCUT2D eigenvalue weighted by atomic mass is 9.82. The fourth-order valence-electron chi connectivity index (χ4n) is 2.54. The highest BCUT2D eigenvalue weighted by atomic mass is 16.5. The lowest BCUT2D eigenvalue weighted by Gasteiger charge is -2.33. The fourth-order valence-corrected chi connectivity index (χ4v) is 2.54. The molecule has 1 aliphatic carbocycles. The van der Waals surface area contributed by atoms with Crippen molar-refractivity contribution in [2.75, 3.05) is 26.4 Å². The molecule has 2 rings (SSSR count). The summed E-state index contributed by atoms with van der Waals surface area (Å²) < 4.78 is 11.1. The largest absolute Gasteiger partial charge is 0.379 e. The molecule has 0 aromatic heterocycles. The Morgan fingerprint density at radius 3 is 2.94 bits per heavy atom. The Bertz CT molecular complexity index is 186. The van der Waals surface area contributed by atoms with Crippen molar-refractivity contribution in [3.63, 3.8) is 0 Å². The van der Waals surface area contributed by atoms with Gasteiger partial charge in [-0.25, -0.2) is 0 Å². The Morgan fingerprint density at radius 1 is 1.38 bits per heavy atom. The van der Waals surface area contributed by atoms with Gasteiger partial charge >= 0.3 is 0 Å². The standard InChI is InChI=1S/C13H25NO2/c1-11-8-12(9-11)14-5-3-6-15-10-13-4-2-7-16-13/h11-14H,2-10H2,1H3. The van der Waals surface area contributed by atoms with Crippen LogP contribution in [-0.2, 0) is 9.47 Å². The van der Waals surface area contributed by atoms with Crippen molar-refractivity contribution in [3.8, 4) is 0 Å². The zero-order valence-corrected chi connectivity index (χ0v) is 10.4. The molecule has 3 heteroatoms. The molecular formula is C13H25NO2. The van der Waals surface area contributed by atoms with Crippen molar-refractivity contribution >= 4 is 0 Å². The van der Waals surface area contributed by atoms with Gasteiger partial charge in [0.15, 0.2) is 0 Å². The van der Waals surface area contributed by atoms with E-state index in [1.807, 2.05) is 0 Å². The van der Waals surface area contributed by atoms with Crippen molar-refractivity contribution in [1.82, 2.24) is 5.32 Å². The van der Waals surface area contributed by atoms with Crippen LogP contribution < -0.4 is 5.32 Å². The van der Waals surface area contributed by atoms with E-state index in [9.17, 15) is 0 Å². The molecule has 16 heavy (non-hydrogen) atoms. The molecule has 1 heterocycles. The van der Waals surface area contributed by atoms with Crippen LogP contribution in [0, 0.1) is 5.92 Å². The predicted octanol–water partition coefficient (Wildman–Crippen LogP) is 1.96. The first-order valence-corrected chi connectivity index (χ1v) is 6.77. The number of hydrogen-bond acceptors (Lipinski definition) is 3. The van der Waals surface area contributed by atoms with Gasteiger partial charge in [-0.1, -0.05) is 6.92 Å². The van der Waals surface area contributed by atoms with Crippen molar-refractivity contribution in [2.45, 2.75) is 51.2 Å². The fraction of sp³-hybridized carbons (Fsp3) is 1.00. The van der Waals surface area contributed by atoms with E-state index in [0.717, 1.165) is 44.7 Å². The summed E-state index contributed by atoms with van der Waals surface area (Å²) in [6.45, 7) is 6.01. The molecular weight excluding hydrogens is 202 g/mol. The number of nitrogens with one attached hydrogen (secondary N) is 1. The Balaban J connectivity index is 1.35. The van der Waals surface area contributed by atoms with Crippen LogP contribution in [0.3, 0.4) is 0 Å². The first-order valence-electron chi connectivity index (χ1n) is 6.77. The highest BCUT2D eigenvalue weighted by Gasteiger charge is 2.24. The van der Waals surface area contributed by atoms with Crippen LogP contribution in [0.5, 0.6) is 0 Å². The normalized spacial score (nSPS) is 33.9. The van der Waals surface area contributed by atoms with Gasteiger partial charge in [0.05, 0.1) is 12.7 Å². The summed E-state index contributed by atoms with van der Waals surface area (Å²) >= 11 is 0. The van der Waals surface area contributed by atoms with E-state index < -0.39 is 0 Å². The van der Waals surface area contributed by atoms with E-state index in [0.29, 0.717) is 6.10 Å². The van der Waals surface area contributed by atoms with Crippen molar-refractivity contribution in [1.29, 1.82) is 0 Å². The molecule has 0 radical (unpaired) electrons. The molecule has 1 N–H and O–H groups in total. The monoisotopic (exact) mass is 227 g/mol. The lowest BCUT2D eigenvalue weighted by Crippen LogP contribution is -2.40. The second kappa shape index (κ2) is 6.58. The maximum Gasteiger partial charge on any atom is 0.0809 e. The third-order valence-corrected chi connectivity index (χ3v) is 3.60. The molecule has 1 aliphatic heterocycles. The second-order valence-electron chi connectivity index (χ2n) is 5.29. The smallest absolute Gasteiger partial charge is 0.0809 e. The zero-order valence-electron chi connectivity index (χ0n) is 10.4. The topological polar surface area (TPSA) is 30.5 Å². The van der Waals surface area contributed by atoms with Crippen molar-refractivity contribution in [3.05, 3.63) is 0 Å². The average molecular weight is 227 g/mol. The van der Waals surface area contributed by atoms with Crippen molar-refractivity contribution < 1.29 is 9.47 Å². The van der Waals surface area contributed by atoms with E-state index in [4.69, 9.17) is 9.47 Å². The van der Waals surface area contributed by atoms with Gasteiger partial charge in [0.1, 0.15) is 0 Å². The molecule has 1 saturated heterocycles. The molecule has 3 nitrogen and oxygen atoms in total. The predicted molar refractivity (Wildman–Crippen MR) is 64.6 cm³/mol. The summed E-state index contributed by atoms with van der Waals surface area (Å²) in [5.41, 5.74) is 0. The van der Waals surface area contributed by atoms with E-state index in [-0.39, 0.29) is 0 Å². The second-order valence-corrected chi connectivity index (χ2v) is 5.29. The van der Waals surface area contributed by atoms with Gasteiger partial charge in [0.2, 0.25) is 0 Å². The molecule has 1 atom stereocenters. The maximum absolute atomic E-state index is 5.61. The molecule has 0 spiro atoms. The van der Waals surface area contributed by atoms with E-state index in [1.54, 1.807) is 0 Å². The third-order valence-electron chi connectivity index (χ3n) is 3.60. The van der Waals surface area contributed by atoms with Gasteiger partial charge in [-0.2, -0.15) is 0 Å². The summed E-state index contributed by atoms with van der Waals surface area (Å²) in [4.78, 5) is 0. The van der Waals surface area contributed by atoms with Gasteiger partial charge in [0, 0.05) is 19.3 Å². The van der Waals surface area contributed by atoms with Gasteiger partial charge in [-0.15, -0.1) is 0 Å². The summed E-state index contributed by atoms with van der Waals surface area (Å²) in [5, 5.41) is 3.57. The van der Waals surface area contributed by atoms with Crippen LogP contribution in [-0.4, -0.2) is 38.5 Å². The molecule has 1 unspecified atom stereocenters. The molecule has 1 saturated carbocycles. The summed E-state index contributed by atoms with van der Waals surface area (Å²) in [7, 11) is 0. The first-order chi connectivity index (χ1) is 7.84. The number of hydrogen-bond donors (Lipinski definition) is 1. The van der Waals surface area contributed by atoms with E-state index in [1.165, 1.54) is 25.7 Å². The van der Waals surface area contributed by atoms with Crippen LogP contribution in [0.4, 0.5) is 0 Å². The number of rotatable bonds is 7. The van der Waals surface area contributed by atoms with Gasteiger partial charge in [-0.05, 0) is 44.6 Å². The minimum atomic E-state index is 0.375. The van der Waals surface area contributed by atoms with E-state index in [2.05, 4.69) is 12.2 Å².